The van der Waals surface area contributed by atoms with Crippen molar-refractivity contribution in [3.63, 3.8) is 0 Å². The Morgan fingerprint density at radius 3 is 2.00 bits per heavy atom. The Labute approximate surface area is 82.4 Å². The van der Waals surface area contributed by atoms with Gasteiger partial charge in [-0.15, -0.1) is 0 Å². The molecule has 0 aromatic rings. The van der Waals surface area contributed by atoms with Gasteiger partial charge in [-0.1, -0.05) is 33.5 Å². The monoisotopic (exact) mass is 221 g/mol. The van der Waals surface area contributed by atoms with Gasteiger partial charge in [-0.05, 0) is 6.04 Å². The number of hydrogen-bond donors (Lipinski definition) is 0. The van der Waals surface area contributed by atoms with Gasteiger partial charge in [0.25, 0.3) is 0 Å². The van der Waals surface area contributed by atoms with E-state index in [1.807, 2.05) is 7.11 Å². The van der Waals surface area contributed by atoms with Gasteiger partial charge in [0.2, 0.25) is 0 Å². The van der Waals surface area contributed by atoms with Crippen LogP contribution in [-0.2, 0) is 4.43 Å². The van der Waals surface area contributed by atoms with Gasteiger partial charge in [-0.3, -0.25) is 0 Å². The van der Waals surface area contributed by atoms with Gasteiger partial charge in [0.05, 0.1) is 0 Å². The first kappa shape index (κ1) is 12.6. The topological polar surface area (TPSA) is 12.5 Å². The third-order valence-electron chi connectivity index (χ3n) is 2.02. The molecule has 0 aliphatic heterocycles. The molecule has 0 saturated carbocycles. The van der Waals surface area contributed by atoms with E-state index in [-0.39, 0.29) is 18.5 Å². The zero-order chi connectivity index (χ0) is 9.78. The second kappa shape index (κ2) is 5.33. The van der Waals surface area contributed by atoms with E-state index in [9.17, 15) is 0 Å². The van der Waals surface area contributed by atoms with Crippen LogP contribution >= 0.6 is 0 Å². The van der Waals surface area contributed by atoms with E-state index in [0.717, 1.165) is 6.04 Å². The van der Waals surface area contributed by atoms with E-state index >= 15 is 0 Å². The van der Waals surface area contributed by atoms with Gasteiger partial charge in [-0.25, -0.2) is 0 Å². The first-order valence-electron chi connectivity index (χ1n) is 4.65. The number of nitrogens with zero attached hydrogens (tertiary/aromatic N) is 1. The summed E-state index contributed by atoms with van der Waals surface area (Å²) in [5, 5.41) is 0. The summed E-state index contributed by atoms with van der Waals surface area (Å²) in [7, 11) is 0.662. The van der Waals surface area contributed by atoms with E-state index in [2.05, 4.69) is 37.7 Å². The summed E-state index contributed by atoms with van der Waals surface area (Å²) in [6.45, 7) is 11.9. The molecule has 0 saturated heterocycles. The molecule has 0 rings (SSSR count). The van der Waals surface area contributed by atoms with E-state index < -0.39 is 8.24 Å². The van der Waals surface area contributed by atoms with Crippen molar-refractivity contribution in [3.8, 4) is 0 Å². The van der Waals surface area contributed by atoms with Gasteiger partial charge >= 0.3 is 0 Å². The minimum atomic E-state index is -1.04. The smallest absolute Gasteiger partial charge is 0.159 e. The van der Waals surface area contributed by atoms with Gasteiger partial charge < -0.3 is 8.66 Å². The second-order valence-electron chi connectivity index (χ2n) is 4.45. The van der Waals surface area contributed by atoms with Crippen LogP contribution in [0.2, 0.25) is 19.6 Å². The van der Waals surface area contributed by atoms with Crippen LogP contribution in [0, 0.1) is 0 Å². The Hall–Kier alpha value is 0.571. The van der Waals surface area contributed by atoms with Crippen LogP contribution in [0.1, 0.15) is 13.8 Å². The standard InChI is InChI=1S/C7H23NOSi3/c1-7(2)8(10-11-9-3)12(4,5)6/h7H,10-11H2,1-6H3. The molecular formula is C7H23NOSi3. The van der Waals surface area contributed by atoms with Crippen LogP contribution < -0.4 is 0 Å². The Morgan fingerprint density at radius 2 is 1.75 bits per heavy atom. The van der Waals surface area contributed by atoms with Crippen LogP contribution in [0.25, 0.3) is 0 Å². The summed E-state index contributed by atoms with van der Waals surface area (Å²) in [5.41, 5.74) is 0. The second-order valence-corrected chi connectivity index (χ2v) is 14.7. The third kappa shape index (κ3) is 4.56. The fraction of sp³-hybridized carbons (Fsp3) is 1.00. The van der Waals surface area contributed by atoms with Crippen molar-refractivity contribution in [2.24, 2.45) is 0 Å². The molecule has 0 atom stereocenters. The molecule has 0 amide bonds. The SMILES string of the molecule is CO[SiH2][SiH2]N(C(C)C)[Si](C)(C)C. The third-order valence-corrected chi connectivity index (χ3v) is 14.1. The summed E-state index contributed by atoms with van der Waals surface area (Å²) < 4.78 is 8.08. The first-order valence-corrected chi connectivity index (χ1v) is 13.3. The van der Waals surface area contributed by atoms with Crippen LogP contribution in [-0.4, -0.2) is 44.1 Å². The lowest BCUT2D eigenvalue weighted by Crippen LogP contribution is -2.53. The Bertz CT molecular complexity index is 124. The lowest BCUT2D eigenvalue weighted by molar-refractivity contribution is 0.448. The maximum atomic E-state index is 5.30. The fourth-order valence-corrected chi connectivity index (χ4v) is 16.2. The average Bonchev–Trinajstić information content (AvgIpc) is 1.84. The molecule has 0 spiro atoms. The van der Waals surface area contributed by atoms with Crippen LogP contribution in [0.5, 0.6) is 0 Å². The molecule has 5 heteroatoms. The molecule has 0 aromatic heterocycles. The quantitative estimate of drug-likeness (QED) is 0.618. The zero-order valence-electron chi connectivity index (χ0n) is 9.35. The van der Waals surface area contributed by atoms with E-state index in [1.54, 1.807) is 0 Å². The maximum absolute atomic E-state index is 5.30. The summed E-state index contributed by atoms with van der Waals surface area (Å²) in [6, 6.07) is 0.742. The van der Waals surface area contributed by atoms with Crippen molar-refractivity contribution in [2.75, 3.05) is 7.11 Å². The van der Waals surface area contributed by atoms with Crippen molar-refractivity contribution in [1.29, 1.82) is 0 Å². The molecule has 74 valence electrons. The largest absolute Gasteiger partial charge is 0.429 e. The highest BCUT2D eigenvalue weighted by molar-refractivity contribution is 7.01. The van der Waals surface area contributed by atoms with E-state index in [0.29, 0.717) is 0 Å². The molecule has 0 N–H and O–H groups in total. The van der Waals surface area contributed by atoms with Gasteiger partial charge in [0.1, 0.15) is 17.4 Å². The molecular weight excluding hydrogens is 198 g/mol. The molecule has 0 aliphatic rings. The van der Waals surface area contributed by atoms with E-state index in [4.69, 9.17) is 4.43 Å². The normalized spacial score (nSPS) is 15.0. The lowest BCUT2D eigenvalue weighted by atomic mass is 10.4. The summed E-state index contributed by atoms with van der Waals surface area (Å²) in [4.78, 5) is 0. The minimum Gasteiger partial charge on any atom is -0.429 e. The number of hydrogen-bond acceptors (Lipinski definition) is 2. The van der Waals surface area contributed by atoms with Crippen molar-refractivity contribution in [2.45, 2.75) is 39.5 Å². The minimum absolute atomic E-state index is 0.0147. The summed E-state index contributed by atoms with van der Waals surface area (Å²) in [6.07, 6.45) is 0. The van der Waals surface area contributed by atoms with Crippen molar-refractivity contribution >= 4 is 26.7 Å². The van der Waals surface area contributed by atoms with Crippen molar-refractivity contribution in [3.05, 3.63) is 0 Å². The Balaban J connectivity index is 4.05. The highest BCUT2D eigenvalue weighted by Crippen LogP contribution is 2.11. The van der Waals surface area contributed by atoms with Crippen LogP contribution in [0.3, 0.4) is 0 Å². The molecule has 0 fully saturated rings. The molecule has 2 nitrogen and oxygen atoms in total. The molecule has 0 radical (unpaired) electrons. The predicted octanol–water partition coefficient (Wildman–Crippen LogP) is 0.261. The van der Waals surface area contributed by atoms with Gasteiger partial charge in [-0.2, -0.15) is 0 Å². The number of rotatable bonds is 5. The molecule has 0 aliphatic carbocycles. The molecule has 12 heavy (non-hydrogen) atoms. The predicted molar refractivity (Wildman–Crippen MR) is 64.4 cm³/mol. The average molecular weight is 222 g/mol. The van der Waals surface area contributed by atoms with Crippen LogP contribution in [0.4, 0.5) is 0 Å². The highest BCUT2D eigenvalue weighted by Gasteiger charge is 2.25. The zero-order valence-corrected chi connectivity index (χ0v) is 13.2. The molecule has 0 unspecified atom stereocenters. The summed E-state index contributed by atoms with van der Waals surface area (Å²) in [5.74, 6) is 0. The fourth-order valence-electron chi connectivity index (χ4n) is 1.56. The van der Waals surface area contributed by atoms with E-state index in [1.165, 1.54) is 0 Å². The summed E-state index contributed by atoms with van der Waals surface area (Å²) >= 11 is 0. The first-order chi connectivity index (χ1) is 5.39. The van der Waals surface area contributed by atoms with Gasteiger partial charge in [0.15, 0.2) is 9.28 Å². The lowest BCUT2D eigenvalue weighted by Gasteiger charge is -2.37. The van der Waals surface area contributed by atoms with Crippen molar-refractivity contribution < 1.29 is 4.43 Å². The maximum Gasteiger partial charge on any atom is 0.159 e. The molecule has 0 heterocycles. The Morgan fingerprint density at radius 1 is 1.25 bits per heavy atom. The Kier molecular flexibility index (Phi) is 5.59. The highest BCUT2D eigenvalue weighted by atomic mass is 29.2. The molecule has 0 aromatic carbocycles. The van der Waals surface area contributed by atoms with Crippen molar-refractivity contribution in [1.82, 2.24) is 4.23 Å². The molecule has 0 bridgehead atoms. The van der Waals surface area contributed by atoms with Gasteiger partial charge in [0, 0.05) is 7.11 Å². The van der Waals surface area contributed by atoms with Crippen LogP contribution in [0.15, 0.2) is 0 Å².